The van der Waals surface area contributed by atoms with Crippen molar-refractivity contribution in [2.75, 3.05) is 18.5 Å². The van der Waals surface area contributed by atoms with Crippen LogP contribution in [0.5, 0.6) is 11.5 Å². The molecule has 0 unspecified atom stereocenters. The maximum Gasteiger partial charge on any atom is 0.265 e. The molecule has 1 fully saturated rings. The van der Waals surface area contributed by atoms with Gasteiger partial charge in [0.2, 0.25) is 5.91 Å². The predicted octanol–water partition coefficient (Wildman–Crippen LogP) is 2.87. The second kappa shape index (κ2) is 7.77. The lowest BCUT2D eigenvalue weighted by Gasteiger charge is -2.19. The van der Waals surface area contributed by atoms with E-state index >= 15 is 0 Å². The molecule has 0 atom stereocenters. The summed E-state index contributed by atoms with van der Waals surface area (Å²) in [7, 11) is 0. The zero-order chi connectivity index (χ0) is 22.4. The number of rotatable bonds is 5. The minimum atomic E-state index is -0.313. The van der Waals surface area contributed by atoms with Crippen LogP contribution in [0.25, 0.3) is 16.7 Å². The van der Waals surface area contributed by atoms with Crippen LogP contribution in [0.2, 0.25) is 0 Å². The molecule has 0 bridgehead atoms. The van der Waals surface area contributed by atoms with Crippen molar-refractivity contribution in [2.24, 2.45) is 0 Å². The first-order valence-electron chi connectivity index (χ1n) is 10.9. The molecule has 9 heteroatoms. The Morgan fingerprint density at radius 1 is 1.06 bits per heavy atom. The normalized spacial score (nSPS) is 14.9. The number of nitrogens with one attached hydrogen (secondary N) is 1. The van der Waals surface area contributed by atoms with Crippen molar-refractivity contribution in [3.05, 3.63) is 70.9 Å². The van der Waals surface area contributed by atoms with Crippen LogP contribution in [-0.4, -0.2) is 38.5 Å². The smallest absolute Gasteiger partial charge is 0.265 e. The van der Waals surface area contributed by atoms with E-state index in [-0.39, 0.29) is 23.9 Å². The molecule has 0 radical (unpaired) electrons. The van der Waals surface area contributed by atoms with E-state index in [9.17, 15) is 9.59 Å². The van der Waals surface area contributed by atoms with Crippen molar-refractivity contribution in [2.45, 2.75) is 25.3 Å². The van der Waals surface area contributed by atoms with Gasteiger partial charge in [0.25, 0.3) is 5.56 Å². The molecule has 33 heavy (non-hydrogen) atoms. The highest BCUT2D eigenvalue weighted by atomic mass is 16.6. The van der Waals surface area contributed by atoms with Crippen LogP contribution in [0.3, 0.4) is 0 Å². The van der Waals surface area contributed by atoms with Gasteiger partial charge in [-0.15, -0.1) is 0 Å². The molecule has 1 aliphatic carbocycles. The lowest BCUT2D eigenvalue weighted by molar-refractivity contribution is -0.116. The van der Waals surface area contributed by atoms with Crippen LogP contribution in [0.15, 0.2) is 59.5 Å². The Balaban J connectivity index is 1.33. The molecule has 1 aliphatic heterocycles. The van der Waals surface area contributed by atoms with Gasteiger partial charge in [0.1, 0.15) is 31.0 Å². The predicted molar refractivity (Wildman–Crippen MR) is 121 cm³/mol. The van der Waals surface area contributed by atoms with Gasteiger partial charge >= 0.3 is 0 Å². The van der Waals surface area contributed by atoms with Crippen molar-refractivity contribution in [3.63, 3.8) is 0 Å². The Labute approximate surface area is 188 Å². The lowest BCUT2D eigenvalue weighted by Crippen LogP contribution is -2.31. The fourth-order valence-electron chi connectivity index (χ4n) is 4.05. The Hall–Kier alpha value is -4.14. The first-order chi connectivity index (χ1) is 16.2. The Bertz CT molecular complexity index is 1420. The van der Waals surface area contributed by atoms with E-state index in [0.717, 1.165) is 18.5 Å². The van der Waals surface area contributed by atoms with E-state index in [1.165, 1.54) is 10.8 Å². The molecule has 9 nitrogen and oxygen atoms in total. The van der Waals surface area contributed by atoms with Crippen LogP contribution in [-0.2, 0) is 11.3 Å². The average molecular weight is 443 g/mol. The average Bonchev–Trinajstić information content (AvgIpc) is 3.60. The summed E-state index contributed by atoms with van der Waals surface area (Å²) in [6.45, 7) is 0.841. The van der Waals surface area contributed by atoms with E-state index in [1.807, 2.05) is 30.3 Å². The van der Waals surface area contributed by atoms with Gasteiger partial charge < -0.3 is 14.8 Å². The van der Waals surface area contributed by atoms with Gasteiger partial charge in [0, 0.05) is 17.7 Å². The number of anilines is 1. The molecule has 1 saturated carbocycles. The summed E-state index contributed by atoms with van der Waals surface area (Å²) in [4.78, 5) is 31.0. The Kier molecular flexibility index (Phi) is 4.60. The number of carbonyl (C=O) groups excluding carboxylic acids is 1. The summed E-state index contributed by atoms with van der Waals surface area (Å²) in [5.41, 5.74) is 1.66. The zero-order valence-electron chi connectivity index (χ0n) is 17.7. The number of aromatic nitrogens is 4. The third-order valence-electron chi connectivity index (χ3n) is 5.79. The molecule has 2 aromatic heterocycles. The van der Waals surface area contributed by atoms with E-state index in [2.05, 4.69) is 10.4 Å². The number of carbonyl (C=O) groups is 1. The minimum absolute atomic E-state index is 0.126. The van der Waals surface area contributed by atoms with E-state index in [0.29, 0.717) is 47.3 Å². The third-order valence-corrected chi connectivity index (χ3v) is 5.79. The van der Waals surface area contributed by atoms with E-state index in [1.54, 1.807) is 22.9 Å². The fraction of sp³-hybridized carbons (Fsp3) is 0.250. The van der Waals surface area contributed by atoms with E-state index < -0.39 is 0 Å². The number of para-hydroxylation sites is 1. The first-order valence-corrected chi connectivity index (χ1v) is 10.9. The van der Waals surface area contributed by atoms with Crippen molar-refractivity contribution in [1.29, 1.82) is 0 Å². The molecule has 6 rings (SSSR count). The SMILES string of the molecule is O=C(Cn1c(C2CC2)nc2c(cnn2-c2ccccc2)c1=O)Nc1ccc2c(c1)OCCO2. The van der Waals surface area contributed by atoms with Crippen molar-refractivity contribution < 1.29 is 14.3 Å². The zero-order valence-corrected chi connectivity index (χ0v) is 17.7. The van der Waals surface area contributed by atoms with Crippen molar-refractivity contribution in [3.8, 4) is 17.2 Å². The van der Waals surface area contributed by atoms with E-state index in [4.69, 9.17) is 14.5 Å². The van der Waals surface area contributed by atoms with Gasteiger partial charge in [-0.25, -0.2) is 9.67 Å². The minimum Gasteiger partial charge on any atom is -0.486 e. The summed E-state index contributed by atoms with van der Waals surface area (Å²) in [5, 5.41) is 7.63. The maximum absolute atomic E-state index is 13.4. The number of benzene rings is 2. The first kappa shape index (κ1) is 19.5. The molecular weight excluding hydrogens is 422 g/mol. The number of fused-ring (bicyclic) bond motifs is 2. The highest BCUT2D eigenvalue weighted by molar-refractivity contribution is 5.91. The molecule has 3 heterocycles. The summed E-state index contributed by atoms with van der Waals surface area (Å²) >= 11 is 0. The maximum atomic E-state index is 13.4. The van der Waals surface area contributed by atoms with Crippen molar-refractivity contribution in [1.82, 2.24) is 19.3 Å². The summed E-state index contributed by atoms with van der Waals surface area (Å²) in [6.07, 6.45) is 3.41. The molecule has 166 valence electrons. The third kappa shape index (κ3) is 3.61. The van der Waals surface area contributed by atoms with Gasteiger partial charge in [0.15, 0.2) is 17.1 Å². The summed E-state index contributed by atoms with van der Waals surface area (Å²) < 4.78 is 14.2. The largest absolute Gasteiger partial charge is 0.486 e. The van der Waals surface area contributed by atoms with Crippen LogP contribution < -0.4 is 20.3 Å². The Morgan fingerprint density at radius 2 is 1.85 bits per heavy atom. The van der Waals surface area contributed by atoms with Crippen LogP contribution in [0.1, 0.15) is 24.6 Å². The summed E-state index contributed by atoms with van der Waals surface area (Å²) in [5.74, 6) is 1.72. The molecular formula is C24H21N5O4. The highest BCUT2D eigenvalue weighted by Crippen LogP contribution is 2.39. The number of hydrogen-bond acceptors (Lipinski definition) is 6. The standard InChI is InChI=1S/C24H21N5O4/c30-21(26-16-8-9-19-20(12-16)33-11-10-32-19)14-28-22(15-6-7-15)27-23-18(24(28)31)13-25-29(23)17-4-2-1-3-5-17/h1-5,8-9,12-13,15H,6-7,10-11,14H2,(H,26,30). The highest BCUT2D eigenvalue weighted by Gasteiger charge is 2.31. The molecule has 4 aromatic rings. The Morgan fingerprint density at radius 3 is 2.64 bits per heavy atom. The molecule has 0 saturated heterocycles. The van der Waals surface area contributed by atoms with Gasteiger partial charge in [0.05, 0.1) is 11.9 Å². The molecule has 0 spiro atoms. The fourth-order valence-corrected chi connectivity index (χ4v) is 4.05. The molecule has 1 N–H and O–H groups in total. The quantitative estimate of drug-likeness (QED) is 0.509. The van der Waals surface area contributed by atoms with Gasteiger partial charge in [-0.1, -0.05) is 18.2 Å². The second-order valence-corrected chi connectivity index (χ2v) is 8.17. The van der Waals surface area contributed by atoms with Crippen LogP contribution in [0, 0.1) is 0 Å². The van der Waals surface area contributed by atoms with Crippen molar-refractivity contribution >= 4 is 22.6 Å². The topological polar surface area (TPSA) is 100 Å². The number of ether oxygens (including phenoxy) is 2. The molecule has 2 aliphatic rings. The lowest BCUT2D eigenvalue weighted by atomic mass is 10.2. The number of hydrogen-bond donors (Lipinski definition) is 1. The molecule has 1 amide bonds. The van der Waals surface area contributed by atoms with Gasteiger partial charge in [-0.05, 0) is 37.1 Å². The molecule has 2 aromatic carbocycles. The number of amides is 1. The van der Waals surface area contributed by atoms with Crippen LogP contribution in [0.4, 0.5) is 5.69 Å². The van der Waals surface area contributed by atoms with Gasteiger partial charge in [-0.2, -0.15) is 5.10 Å². The van der Waals surface area contributed by atoms with Gasteiger partial charge in [-0.3, -0.25) is 14.2 Å². The monoisotopic (exact) mass is 443 g/mol. The second-order valence-electron chi connectivity index (χ2n) is 8.17. The summed E-state index contributed by atoms with van der Waals surface area (Å²) in [6, 6.07) is 14.8. The number of nitrogens with zero attached hydrogens (tertiary/aromatic N) is 4. The van der Waals surface area contributed by atoms with Crippen LogP contribution >= 0.6 is 0 Å².